The number of ether oxygens (including phenoxy) is 1. The molecule has 1 amide bonds. The molecule has 152 valence electrons. The summed E-state index contributed by atoms with van der Waals surface area (Å²) < 4.78 is 7.64. The molecule has 0 radical (unpaired) electrons. The number of fused-ring (bicyclic) bond motifs is 5. The van der Waals surface area contributed by atoms with Crippen LogP contribution in [-0.4, -0.2) is 37.6 Å². The zero-order valence-electron chi connectivity index (χ0n) is 17.2. The van der Waals surface area contributed by atoms with E-state index < -0.39 is 6.10 Å². The highest BCUT2D eigenvalue weighted by Crippen LogP contribution is 2.36. The number of anilines is 1. The lowest BCUT2D eigenvalue weighted by atomic mass is 9.99. The molecule has 3 heterocycles. The number of nitrogens with two attached hydrogens (primary N) is 1. The van der Waals surface area contributed by atoms with Gasteiger partial charge in [0.2, 0.25) is 0 Å². The average Bonchev–Trinajstić information content (AvgIpc) is 3.03. The summed E-state index contributed by atoms with van der Waals surface area (Å²) in [6, 6.07) is 5.62. The van der Waals surface area contributed by atoms with Gasteiger partial charge in [-0.1, -0.05) is 24.3 Å². The van der Waals surface area contributed by atoms with E-state index >= 15 is 0 Å². The second-order valence-corrected chi connectivity index (χ2v) is 7.34. The number of carbonyl (C=O) groups is 1. The maximum atomic E-state index is 13.3. The molecule has 1 aromatic carbocycles. The smallest absolute Gasteiger partial charge is 0.305 e. The number of nitrogen functional groups attached to an aromatic ring is 1. The maximum absolute atomic E-state index is 13.3. The van der Waals surface area contributed by atoms with E-state index in [4.69, 9.17) is 17.0 Å². The summed E-state index contributed by atoms with van der Waals surface area (Å²) >= 11 is 0. The lowest BCUT2D eigenvalue weighted by molar-refractivity contribution is 0.0777. The molecule has 0 saturated carbocycles. The number of benzene rings is 1. The SMILES string of the molecule is [C-]#[N+]c1nn(C)c2c1-c1cnc(N)c(n1)O[C@H](C)c1cc(C)ccc1C(=O)N(C)C2. The number of hydrogen-bond acceptors (Lipinski definition) is 6. The molecule has 2 N–H and O–H groups in total. The molecular weight excluding hydrogens is 382 g/mol. The Bertz CT molecular complexity index is 1210. The first kappa shape index (κ1) is 19.4. The summed E-state index contributed by atoms with van der Waals surface area (Å²) in [5.74, 6) is 0.314. The number of hydrogen-bond donors (Lipinski definition) is 1. The molecule has 30 heavy (non-hydrogen) atoms. The second-order valence-electron chi connectivity index (χ2n) is 7.34. The predicted molar refractivity (Wildman–Crippen MR) is 111 cm³/mol. The van der Waals surface area contributed by atoms with Crippen LogP contribution in [-0.2, 0) is 13.6 Å². The quantitative estimate of drug-likeness (QED) is 0.579. The summed E-state index contributed by atoms with van der Waals surface area (Å²) in [4.78, 5) is 27.2. The van der Waals surface area contributed by atoms with E-state index in [2.05, 4.69) is 19.9 Å². The van der Waals surface area contributed by atoms with E-state index in [1.807, 2.05) is 26.0 Å². The number of rotatable bonds is 0. The number of aryl methyl sites for hydroxylation is 2. The summed E-state index contributed by atoms with van der Waals surface area (Å²) in [5.41, 5.74) is 9.91. The van der Waals surface area contributed by atoms with Gasteiger partial charge in [0.15, 0.2) is 5.82 Å². The highest BCUT2D eigenvalue weighted by Gasteiger charge is 2.28. The molecular formula is C21H21N7O2. The fourth-order valence-electron chi connectivity index (χ4n) is 3.60. The van der Waals surface area contributed by atoms with Crippen LogP contribution >= 0.6 is 0 Å². The first-order valence-corrected chi connectivity index (χ1v) is 9.39. The monoisotopic (exact) mass is 403 g/mol. The van der Waals surface area contributed by atoms with Gasteiger partial charge < -0.3 is 20.2 Å². The lowest BCUT2D eigenvalue weighted by Gasteiger charge is -2.24. The van der Waals surface area contributed by atoms with Crippen molar-refractivity contribution in [2.45, 2.75) is 26.5 Å². The molecule has 2 bridgehead atoms. The molecule has 1 aliphatic rings. The third-order valence-electron chi connectivity index (χ3n) is 5.17. The summed E-state index contributed by atoms with van der Waals surface area (Å²) in [5, 5.41) is 4.29. The van der Waals surface area contributed by atoms with Gasteiger partial charge in [-0.05, 0) is 25.0 Å². The number of amides is 1. The number of carbonyl (C=O) groups excluding carboxylic acids is 1. The Labute approximate surface area is 173 Å². The minimum absolute atomic E-state index is 0.134. The van der Waals surface area contributed by atoms with Crippen LogP contribution in [0.2, 0.25) is 0 Å². The van der Waals surface area contributed by atoms with Crippen LogP contribution in [0.25, 0.3) is 16.1 Å². The molecule has 1 aliphatic heterocycles. The molecule has 1 atom stereocenters. The molecule has 9 heteroatoms. The highest BCUT2D eigenvalue weighted by molar-refractivity contribution is 5.96. The van der Waals surface area contributed by atoms with Gasteiger partial charge >= 0.3 is 5.82 Å². The van der Waals surface area contributed by atoms with Crippen molar-refractivity contribution in [2.75, 3.05) is 12.8 Å². The third-order valence-corrected chi connectivity index (χ3v) is 5.17. The van der Waals surface area contributed by atoms with Crippen molar-refractivity contribution in [2.24, 2.45) is 7.05 Å². The van der Waals surface area contributed by atoms with E-state index in [-0.39, 0.29) is 30.0 Å². The van der Waals surface area contributed by atoms with Crippen LogP contribution in [0.5, 0.6) is 5.88 Å². The Hall–Kier alpha value is -3.93. The van der Waals surface area contributed by atoms with E-state index in [0.29, 0.717) is 22.5 Å². The molecule has 0 unspecified atom stereocenters. The first-order chi connectivity index (χ1) is 14.3. The van der Waals surface area contributed by atoms with Crippen molar-refractivity contribution < 1.29 is 9.53 Å². The summed E-state index contributed by atoms with van der Waals surface area (Å²) in [6.07, 6.45) is 1.01. The standard InChI is InChI=1S/C21H21N7O2/c1-11-6-7-13-14(8-11)12(2)30-20-18(22)24-9-15(25-20)17-16(10-27(4)21(13)29)28(5)26-19(17)23-3/h6-9,12H,10H2,1-2,4-5H3,(H2,22,24)/t12-/m1/s1. The largest absolute Gasteiger partial charge is 0.467 e. The van der Waals surface area contributed by atoms with Crippen molar-refractivity contribution in [3.63, 3.8) is 0 Å². The van der Waals surface area contributed by atoms with Gasteiger partial charge in [-0.25, -0.2) is 9.97 Å². The topological polar surface area (TPSA) is 104 Å². The molecule has 9 nitrogen and oxygen atoms in total. The fraction of sp³-hybridized carbons (Fsp3) is 0.286. The van der Waals surface area contributed by atoms with Gasteiger partial charge in [0.25, 0.3) is 11.8 Å². The normalized spacial score (nSPS) is 15.9. The van der Waals surface area contributed by atoms with Crippen LogP contribution in [0, 0.1) is 13.5 Å². The van der Waals surface area contributed by atoms with Crippen LogP contribution in [0.4, 0.5) is 11.6 Å². The zero-order valence-corrected chi connectivity index (χ0v) is 17.2. The van der Waals surface area contributed by atoms with E-state index in [0.717, 1.165) is 11.1 Å². The van der Waals surface area contributed by atoms with Crippen molar-refractivity contribution in [1.29, 1.82) is 0 Å². The van der Waals surface area contributed by atoms with Crippen molar-refractivity contribution in [1.82, 2.24) is 24.6 Å². The Morgan fingerprint density at radius 3 is 2.83 bits per heavy atom. The van der Waals surface area contributed by atoms with Crippen LogP contribution in [0.3, 0.4) is 0 Å². The minimum Gasteiger partial charge on any atom is -0.467 e. The molecule has 4 rings (SSSR count). The van der Waals surface area contributed by atoms with E-state index in [1.165, 1.54) is 6.20 Å². The third kappa shape index (κ3) is 3.12. The Morgan fingerprint density at radius 2 is 2.10 bits per heavy atom. The molecule has 2 aromatic heterocycles. The van der Waals surface area contributed by atoms with Gasteiger partial charge in [0.05, 0.1) is 29.7 Å². The molecule has 0 fully saturated rings. The van der Waals surface area contributed by atoms with Gasteiger partial charge in [-0.3, -0.25) is 4.79 Å². The summed E-state index contributed by atoms with van der Waals surface area (Å²) in [7, 11) is 3.46. The molecule has 0 saturated heterocycles. The van der Waals surface area contributed by atoms with E-state index in [9.17, 15) is 4.79 Å². The van der Waals surface area contributed by atoms with Crippen LogP contribution < -0.4 is 10.5 Å². The Balaban J connectivity index is 1.99. The molecule has 0 aliphatic carbocycles. The Kier molecular flexibility index (Phi) is 4.62. The fourth-order valence-corrected chi connectivity index (χ4v) is 3.60. The highest BCUT2D eigenvalue weighted by atomic mass is 16.5. The van der Waals surface area contributed by atoms with Crippen molar-refractivity contribution in [3.05, 3.63) is 58.2 Å². The first-order valence-electron chi connectivity index (χ1n) is 9.39. The van der Waals surface area contributed by atoms with Crippen molar-refractivity contribution in [3.8, 4) is 17.1 Å². The number of nitrogens with zero attached hydrogens (tertiary/aromatic N) is 6. The lowest BCUT2D eigenvalue weighted by Crippen LogP contribution is -2.29. The van der Waals surface area contributed by atoms with Gasteiger partial charge in [-0.15, -0.1) is 0 Å². The van der Waals surface area contributed by atoms with Gasteiger partial charge in [0.1, 0.15) is 6.10 Å². The van der Waals surface area contributed by atoms with Gasteiger partial charge in [0, 0.05) is 25.2 Å². The number of aromatic nitrogens is 4. The Morgan fingerprint density at radius 1 is 1.33 bits per heavy atom. The zero-order chi connectivity index (χ0) is 21.6. The summed E-state index contributed by atoms with van der Waals surface area (Å²) in [6.45, 7) is 11.6. The molecule has 0 spiro atoms. The van der Waals surface area contributed by atoms with Gasteiger partial charge in [-0.2, -0.15) is 4.68 Å². The maximum Gasteiger partial charge on any atom is 0.305 e. The minimum atomic E-state index is -0.489. The predicted octanol–water partition coefficient (Wildman–Crippen LogP) is 3.04. The average molecular weight is 403 g/mol. The van der Waals surface area contributed by atoms with Crippen molar-refractivity contribution >= 4 is 17.5 Å². The molecule has 3 aromatic rings. The van der Waals surface area contributed by atoms with Crippen LogP contribution in [0.15, 0.2) is 24.4 Å². The van der Waals surface area contributed by atoms with E-state index in [1.54, 1.807) is 29.7 Å². The van der Waals surface area contributed by atoms with Crippen LogP contribution in [0.1, 0.15) is 40.2 Å². The second kappa shape index (κ2) is 7.15.